The molecule has 0 bridgehead atoms. The van der Waals surface area contributed by atoms with Gasteiger partial charge in [-0.25, -0.2) is 9.67 Å². The summed E-state index contributed by atoms with van der Waals surface area (Å²) in [7, 11) is 0. The van der Waals surface area contributed by atoms with Crippen LogP contribution >= 0.6 is 11.6 Å². The Morgan fingerprint density at radius 3 is 2.38 bits per heavy atom. The SMILES string of the molecule is FC(F)(F)c1cnc(N2CCN(Cc3cnn(-c4ccccc4)c3)CC2)c(Cl)c1. The standard InChI is InChI=1S/C20H19ClF3N5/c21-18-10-16(20(22,23)24)12-25-19(18)28-8-6-27(7-9-28)13-15-11-26-29(14-15)17-4-2-1-3-5-17/h1-5,10-12,14H,6-9,13H2. The summed E-state index contributed by atoms with van der Waals surface area (Å²) in [5, 5.41) is 4.44. The molecular formula is C20H19ClF3N5. The molecular weight excluding hydrogens is 403 g/mol. The van der Waals surface area contributed by atoms with Crippen molar-refractivity contribution in [2.24, 2.45) is 0 Å². The summed E-state index contributed by atoms with van der Waals surface area (Å²) < 4.78 is 40.2. The molecule has 0 spiro atoms. The average molecular weight is 422 g/mol. The van der Waals surface area contributed by atoms with E-state index in [1.807, 2.05) is 52.3 Å². The van der Waals surface area contributed by atoms with Crippen molar-refractivity contribution < 1.29 is 13.2 Å². The number of rotatable bonds is 4. The van der Waals surface area contributed by atoms with Crippen LogP contribution in [0.1, 0.15) is 11.1 Å². The van der Waals surface area contributed by atoms with Crippen LogP contribution < -0.4 is 4.90 Å². The summed E-state index contributed by atoms with van der Waals surface area (Å²) in [5.74, 6) is 0.399. The molecule has 3 heterocycles. The lowest BCUT2D eigenvalue weighted by molar-refractivity contribution is -0.137. The van der Waals surface area contributed by atoms with E-state index < -0.39 is 11.7 Å². The Bertz CT molecular complexity index is 966. The number of para-hydroxylation sites is 1. The van der Waals surface area contributed by atoms with Crippen molar-refractivity contribution in [3.63, 3.8) is 0 Å². The van der Waals surface area contributed by atoms with E-state index in [1.54, 1.807) is 0 Å². The highest BCUT2D eigenvalue weighted by Gasteiger charge is 2.32. The summed E-state index contributed by atoms with van der Waals surface area (Å²) in [6.07, 6.45) is 0.257. The molecule has 0 unspecified atom stereocenters. The third-order valence-electron chi connectivity index (χ3n) is 4.88. The van der Waals surface area contributed by atoms with E-state index in [2.05, 4.69) is 15.0 Å². The highest BCUT2D eigenvalue weighted by molar-refractivity contribution is 6.33. The van der Waals surface area contributed by atoms with E-state index in [9.17, 15) is 13.2 Å². The molecule has 1 saturated heterocycles. The van der Waals surface area contributed by atoms with Crippen LogP contribution in [-0.4, -0.2) is 45.8 Å². The topological polar surface area (TPSA) is 37.2 Å². The van der Waals surface area contributed by atoms with Crippen LogP contribution in [0, 0.1) is 0 Å². The molecule has 29 heavy (non-hydrogen) atoms. The van der Waals surface area contributed by atoms with Gasteiger partial charge >= 0.3 is 6.18 Å². The molecule has 9 heteroatoms. The second-order valence-electron chi connectivity index (χ2n) is 6.92. The maximum atomic E-state index is 12.8. The molecule has 3 aromatic rings. The van der Waals surface area contributed by atoms with Gasteiger partial charge in [-0.05, 0) is 18.2 Å². The van der Waals surface area contributed by atoms with E-state index in [-0.39, 0.29) is 5.02 Å². The number of aromatic nitrogens is 3. The smallest absolute Gasteiger partial charge is 0.353 e. The molecule has 4 rings (SSSR count). The lowest BCUT2D eigenvalue weighted by atomic mass is 10.2. The molecule has 152 valence electrons. The highest BCUT2D eigenvalue weighted by atomic mass is 35.5. The van der Waals surface area contributed by atoms with Crippen molar-refractivity contribution >= 4 is 17.4 Å². The molecule has 1 fully saturated rings. The van der Waals surface area contributed by atoms with Crippen molar-refractivity contribution in [3.8, 4) is 5.69 Å². The summed E-state index contributed by atoms with van der Waals surface area (Å²) >= 11 is 6.07. The van der Waals surface area contributed by atoms with Gasteiger partial charge in [0.1, 0.15) is 5.82 Å². The lowest BCUT2D eigenvalue weighted by Gasteiger charge is -2.35. The van der Waals surface area contributed by atoms with E-state index >= 15 is 0 Å². The number of alkyl halides is 3. The van der Waals surface area contributed by atoms with Crippen LogP contribution in [0.4, 0.5) is 19.0 Å². The minimum absolute atomic E-state index is 0.0254. The first-order valence-corrected chi connectivity index (χ1v) is 9.57. The van der Waals surface area contributed by atoms with Crippen molar-refractivity contribution in [1.29, 1.82) is 0 Å². The summed E-state index contributed by atoms with van der Waals surface area (Å²) in [6.45, 7) is 3.57. The molecule has 0 aliphatic carbocycles. The Labute approximate surface area is 171 Å². The molecule has 1 aliphatic heterocycles. The van der Waals surface area contributed by atoms with Gasteiger partial charge < -0.3 is 4.90 Å². The molecule has 1 aromatic carbocycles. The van der Waals surface area contributed by atoms with E-state index in [0.29, 0.717) is 18.9 Å². The normalized spacial score (nSPS) is 15.7. The van der Waals surface area contributed by atoms with Crippen molar-refractivity contribution in [3.05, 3.63) is 71.1 Å². The fourth-order valence-corrected chi connectivity index (χ4v) is 3.64. The second-order valence-corrected chi connectivity index (χ2v) is 7.33. The number of hydrogen-bond donors (Lipinski definition) is 0. The Kier molecular flexibility index (Phi) is 5.47. The zero-order valence-electron chi connectivity index (χ0n) is 15.5. The molecule has 2 aromatic heterocycles. The zero-order chi connectivity index (χ0) is 20.4. The number of hydrogen-bond acceptors (Lipinski definition) is 4. The number of nitrogens with zero attached hydrogens (tertiary/aromatic N) is 5. The van der Waals surface area contributed by atoms with Crippen molar-refractivity contribution in [1.82, 2.24) is 19.7 Å². The number of piperazine rings is 1. The first-order chi connectivity index (χ1) is 13.9. The van der Waals surface area contributed by atoms with Gasteiger partial charge in [0.2, 0.25) is 0 Å². The van der Waals surface area contributed by atoms with Crippen molar-refractivity contribution in [2.45, 2.75) is 12.7 Å². The predicted molar refractivity (Wildman–Crippen MR) is 105 cm³/mol. The number of anilines is 1. The summed E-state index contributed by atoms with van der Waals surface area (Å²) in [4.78, 5) is 8.16. The van der Waals surface area contributed by atoms with Crippen LogP contribution in [0.15, 0.2) is 55.0 Å². The first-order valence-electron chi connectivity index (χ1n) is 9.19. The quantitative estimate of drug-likeness (QED) is 0.630. The Balaban J connectivity index is 1.36. The molecule has 0 amide bonds. The fourth-order valence-electron chi connectivity index (χ4n) is 3.36. The van der Waals surface area contributed by atoms with E-state index in [4.69, 9.17) is 11.6 Å². The van der Waals surface area contributed by atoms with Crippen molar-refractivity contribution in [2.75, 3.05) is 31.1 Å². The Morgan fingerprint density at radius 1 is 1.00 bits per heavy atom. The molecule has 1 aliphatic rings. The highest BCUT2D eigenvalue weighted by Crippen LogP contribution is 2.33. The minimum atomic E-state index is -4.45. The Morgan fingerprint density at radius 2 is 1.72 bits per heavy atom. The van der Waals surface area contributed by atoms with Gasteiger partial charge in [0, 0.05) is 50.7 Å². The van der Waals surface area contributed by atoms with Crippen LogP contribution in [0.5, 0.6) is 0 Å². The Hall–Kier alpha value is -2.58. The van der Waals surface area contributed by atoms with Gasteiger partial charge in [-0.2, -0.15) is 18.3 Å². The third kappa shape index (κ3) is 4.54. The maximum Gasteiger partial charge on any atom is 0.417 e. The molecule has 0 saturated carbocycles. The van der Waals surface area contributed by atoms with Crippen LogP contribution in [-0.2, 0) is 12.7 Å². The number of pyridine rings is 1. The van der Waals surface area contributed by atoms with Crippen LogP contribution in [0.3, 0.4) is 0 Å². The third-order valence-corrected chi connectivity index (χ3v) is 5.16. The van der Waals surface area contributed by atoms with Gasteiger partial charge in [-0.3, -0.25) is 4.90 Å². The van der Waals surface area contributed by atoms with Crippen LogP contribution in [0.2, 0.25) is 5.02 Å². The van der Waals surface area contributed by atoms with Crippen LogP contribution in [0.25, 0.3) is 5.69 Å². The van der Waals surface area contributed by atoms with E-state index in [0.717, 1.165) is 43.1 Å². The molecule has 5 nitrogen and oxygen atoms in total. The monoisotopic (exact) mass is 421 g/mol. The van der Waals surface area contributed by atoms with Gasteiger partial charge in [0.25, 0.3) is 0 Å². The van der Waals surface area contributed by atoms with E-state index in [1.165, 1.54) is 0 Å². The van der Waals surface area contributed by atoms with Gasteiger partial charge in [-0.15, -0.1) is 0 Å². The van der Waals surface area contributed by atoms with Gasteiger partial charge in [0.05, 0.1) is 22.5 Å². The number of halogens is 4. The number of benzene rings is 1. The molecule has 0 N–H and O–H groups in total. The summed E-state index contributed by atoms with van der Waals surface area (Å²) in [6, 6.07) is 10.8. The van der Waals surface area contributed by atoms with Gasteiger partial charge in [0.15, 0.2) is 0 Å². The average Bonchev–Trinajstić information content (AvgIpc) is 3.17. The zero-order valence-corrected chi connectivity index (χ0v) is 16.2. The minimum Gasteiger partial charge on any atom is -0.353 e. The molecule has 0 atom stereocenters. The summed E-state index contributed by atoms with van der Waals surface area (Å²) in [5.41, 5.74) is 1.28. The molecule has 0 radical (unpaired) electrons. The predicted octanol–water partition coefficient (Wildman–Crippen LogP) is 4.26. The first kappa shape index (κ1) is 19.7. The lowest BCUT2D eigenvalue weighted by Crippen LogP contribution is -2.46. The largest absolute Gasteiger partial charge is 0.417 e. The second kappa shape index (κ2) is 8.04. The maximum absolute atomic E-state index is 12.8. The fraction of sp³-hybridized carbons (Fsp3) is 0.300. The van der Waals surface area contributed by atoms with Gasteiger partial charge in [-0.1, -0.05) is 29.8 Å².